The zero-order chi connectivity index (χ0) is 22.4. The summed E-state index contributed by atoms with van der Waals surface area (Å²) in [7, 11) is 0. The highest BCUT2D eigenvalue weighted by Crippen LogP contribution is 2.29. The number of amides is 1. The molecule has 0 atom stereocenters. The third-order valence-electron chi connectivity index (χ3n) is 4.46. The van der Waals surface area contributed by atoms with Crippen molar-refractivity contribution in [3.63, 3.8) is 0 Å². The quantitative estimate of drug-likeness (QED) is 0.402. The van der Waals surface area contributed by atoms with Crippen molar-refractivity contribution < 1.29 is 23.1 Å². The van der Waals surface area contributed by atoms with Crippen molar-refractivity contribution >= 4 is 39.9 Å². The molecule has 164 valence electrons. The van der Waals surface area contributed by atoms with Gasteiger partial charge in [-0.15, -0.1) is 5.10 Å². The minimum Gasteiger partial charge on any atom is -0.395 e. The molecule has 0 bridgehead atoms. The maximum atomic E-state index is 14.6. The number of nitrogens with one attached hydrogen (secondary N) is 1. The van der Waals surface area contributed by atoms with E-state index in [1.165, 1.54) is 23.2 Å². The van der Waals surface area contributed by atoms with Crippen LogP contribution in [0.1, 0.15) is 16.8 Å². The van der Waals surface area contributed by atoms with Crippen molar-refractivity contribution in [3.8, 4) is 0 Å². The van der Waals surface area contributed by atoms with Gasteiger partial charge in [-0.25, -0.2) is 13.2 Å². The van der Waals surface area contributed by atoms with Gasteiger partial charge in [-0.3, -0.25) is 9.48 Å². The predicted molar refractivity (Wildman–Crippen MR) is 116 cm³/mol. The Hall–Kier alpha value is -2.67. The van der Waals surface area contributed by atoms with Gasteiger partial charge in [0.2, 0.25) is 0 Å². The molecule has 1 amide bonds. The maximum absolute atomic E-state index is 14.6. The topological polar surface area (TPSA) is 83.3 Å². The number of halogens is 4. The molecule has 0 aliphatic heterocycles. The lowest BCUT2D eigenvalue weighted by molar-refractivity contribution is 0.0717. The third kappa shape index (κ3) is 5.73. The number of rotatable bonds is 9. The van der Waals surface area contributed by atoms with Crippen molar-refractivity contribution in [2.24, 2.45) is 0 Å². The van der Waals surface area contributed by atoms with E-state index < -0.39 is 29.0 Å². The fraction of sp³-hybridized carbons (Fsp3) is 0.250. The number of aromatic nitrogens is 3. The predicted octanol–water partition coefficient (Wildman–Crippen LogP) is 3.57. The molecule has 2 N–H and O–H groups in total. The van der Waals surface area contributed by atoms with Gasteiger partial charge in [0.05, 0.1) is 29.7 Å². The zero-order valence-corrected chi connectivity index (χ0v) is 18.4. The summed E-state index contributed by atoms with van der Waals surface area (Å²) in [6.07, 6.45) is 3.69. The number of hydrogen-bond donors (Lipinski definition) is 2. The van der Waals surface area contributed by atoms with Gasteiger partial charge in [0.25, 0.3) is 5.91 Å². The second kappa shape index (κ2) is 10.6. The van der Waals surface area contributed by atoms with Crippen LogP contribution in [0.3, 0.4) is 0 Å². The molecule has 11 heteroatoms. The second-order valence-electron chi connectivity index (χ2n) is 6.57. The molecule has 31 heavy (non-hydrogen) atoms. The van der Waals surface area contributed by atoms with Crippen molar-refractivity contribution in [1.29, 1.82) is 0 Å². The molecule has 0 radical (unpaired) electrons. The highest BCUT2D eigenvalue weighted by atomic mass is 127. The van der Waals surface area contributed by atoms with Crippen LogP contribution in [-0.4, -0.2) is 50.6 Å². The molecule has 0 saturated carbocycles. The number of aryl methyl sites for hydroxylation is 1. The molecule has 0 fully saturated rings. The van der Waals surface area contributed by atoms with Crippen LogP contribution < -0.4 is 5.32 Å². The van der Waals surface area contributed by atoms with Crippen molar-refractivity contribution in [3.05, 3.63) is 69.3 Å². The summed E-state index contributed by atoms with van der Waals surface area (Å²) in [5.74, 6) is -3.77. The molecule has 0 unspecified atom stereocenters. The first-order valence-corrected chi connectivity index (χ1v) is 10.4. The lowest BCUT2D eigenvalue weighted by Crippen LogP contribution is -2.35. The second-order valence-corrected chi connectivity index (χ2v) is 7.81. The van der Waals surface area contributed by atoms with Gasteiger partial charge in [0.1, 0.15) is 5.82 Å². The Kier molecular flexibility index (Phi) is 7.85. The summed E-state index contributed by atoms with van der Waals surface area (Å²) in [6, 6.07) is 6.16. The number of hydrogen-bond acceptors (Lipinski definition) is 5. The van der Waals surface area contributed by atoms with E-state index >= 15 is 0 Å². The number of nitrogens with zero attached hydrogens (tertiary/aromatic N) is 4. The van der Waals surface area contributed by atoms with Crippen LogP contribution in [0, 0.1) is 21.0 Å². The zero-order valence-electron chi connectivity index (χ0n) is 16.2. The summed E-state index contributed by atoms with van der Waals surface area (Å²) in [6.45, 7) is 0.390. The van der Waals surface area contributed by atoms with E-state index in [0.717, 1.165) is 12.1 Å². The van der Waals surface area contributed by atoms with E-state index in [-0.39, 0.29) is 30.9 Å². The molecule has 0 saturated heterocycles. The summed E-state index contributed by atoms with van der Waals surface area (Å²) in [4.78, 5) is 14.4. The van der Waals surface area contributed by atoms with Crippen LogP contribution in [0.4, 0.5) is 24.5 Å². The smallest absolute Gasteiger partial charge is 0.256 e. The van der Waals surface area contributed by atoms with Gasteiger partial charge in [-0.1, -0.05) is 5.21 Å². The highest BCUT2D eigenvalue weighted by molar-refractivity contribution is 14.1. The molecular formula is C20H19F3IN5O2. The molecule has 0 aliphatic carbocycles. The summed E-state index contributed by atoms with van der Waals surface area (Å²) in [5, 5.41) is 19.4. The molecule has 2 aromatic carbocycles. The van der Waals surface area contributed by atoms with Gasteiger partial charge < -0.3 is 15.3 Å². The number of aliphatic hydroxyl groups excluding tert-OH is 1. The maximum Gasteiger partial charge on any atom is 0.256 e. The molecular weight excluding hydrogens is 526 g/mol. The van der Waals surface area contributed by atoms with E-state index in [4.69, 9.17) is 0 Å². The fourth-order valence-corrected chi connectivity index (χ4v) is 3.41. The lowest BCUT2D eigenvalue weighted by atomic mass is 10.1. The highest BCUT2D eigenvalue weighted by Gasteiger charge is 2.24. The Morgan fingerprint density at radius 3 is 2.65 bits per heavy atom. The molecule has 1 aromatic heterocycles. The Morgan fingerprint density at radius 1 is 1.16 bits per heavy atom. The van der Waals surface area contributed by atoms with Crippen LogP contribution in [0.2, 0.25) is 0 Å². The van der Waals surface area contributed by atoms with Crippen LogP contribution in [0.5, 0.6) is 0 Å². The third-order valence-corrected chi connectivity index (χ3v) is 5.13. The van der Waals surface area contributed by atoms with Gasteiger partial charge >= 0.3 is 0 Å². The van der Waals surface area contributed by atoms with Crippen LogP contribution in [-0.2, 0) is 6.54 Å². The Bertz CT molecular complexity index is 1050. The molecule has 3 aromatic rings. The standard InChI is InChI=1S/C20H19F3IN5O2/c21-15-4-3-14(19(18(15)23)26-17-5-2-13(24)12-16(17)22)20(31)28(10-11-30)7-1-8-29-9-6-25-27-29/h2-6,9,12,26,30H,1,7-8,10-11H2. The number of carbonyl (C=O) groups is 1. The van der Waals surface area contributed by atoms with Crippen LogP contribution in [0.25, 0.3) is 0 Å². The summed E-state index contributed by atoms with van der Waals surface area (Å²) >= 11 is 1.92. The van der Waals surface area contributed by atoms with Gasteiger partial charge in [0, 0.05) is 29.4 Å². The van der Waals surface area contributed by atoms with Crippen molar-refractivity contribution in [2.75, 3.05) is 25.0 Å². The molecule has 0 aliphatic rings. The average molecular weight is 545 g/mol. The minimum atomic E-state index is -1.30. The Morgan fingerprint density at radius 2 is 1.97 bits per heavy atom. The lowest BCUT2D eigenvalue weighted by Gasteiger charge is -2.23. The van der Waals surface area contributed by atoms with E-state index in [2.05, 4.69) is 15.6 Å². The number of aliphatic hydroxyl groups is 1. The van der Waals surface area contributed by atoms with Crippen molar-refractivity contribution in [2.45, 2.75) is 13.0 Å². The van der Waals surface area contributed by atoms with Crippen LogP contribution >= 0.6 is 22.6 Å². The van der Waals surface area contributed by atoms with Gasteiger partial charge in [-0.2, -0.15) is 0 Å². The fourth-order valence-electron chi connectivity index (χ4n) is 2.96. The molecule has 3 rings (SSSR count). The molecule has 1 heterocycles. The van der Waals surface area contributed by atoms with Crippen molar-refractivity contribution in [1.82, 2.24) is 19.9 Å². The number of anilines is 2. The molecule has 7 nitrogen and oxygen atoms in total. The van der Waals surface area contributed by atoms with E-state index in [1.807, 2.05) is 22.6 Å². The first kappa shape index (κ1) is 23.0. The minimum absolute atomic E-state index is 0.00742. The van der Waals surface area contributed by atoms with E-state index in [9.17, 15) is 23.1 Å². The SMILES string of the molecule is O=C(c1ccc(F)c(F)c1Nc1ccc(I)cc1F)N(CCO)CCCn1ccnn1. The van der Waals surface area contributed by atoms with Gasteiger partial charge in [-0.05, 0) is 59.3 Å². The number of carbonyl (C=O) groups excluding carboxylic acids is 1. The largest absolute Gasteiger partial charge is 0.395 e. The summed E-state index contributed by atoms with van der Waals surface area (Å²) < 4.78 is 45.0. The van der Waals surface area contributed by atoms with E-state index in [0.29, 0.717) is 16.5 Å². The normalized spacial score (nSPS) is 10.9. The Balaban J connectivity index is 1.86. The Labute approximate surface area is 190 Å². The number of benzene rings is 2. The van der Waals surface area contributed by atoms with Gasteiger partial charge in [0.15, 0.2) is 11.6 Å². The first-order valence-electron chi connectivity index (χ1n) is 9.35. The molecule has 0 spiro atoms. The van der Waals surface area contributed by atoms with E-state index in [1.54, 1.807) is 16.9 Å². The van der Waals surface area contributed by atoms with Crippen LogP contribution in [0.15, 0.2) is 42.7 Å². The average Bonchev–Trinajstić information content (AvgIpc) is 3.26. The summed E-state index contributed by atoms with van der Waals surface area (Å²) in [5.41, 5.74) is -0.741. The first-order chi connectivity index (χ1) is 14.9. The monoisotopic (exact) mass is 545 g/mol.